The summed E-state index contributed by atoms with van der Waals surface area (Å²) in [5, 5.41) is 3.54. The van der Waals surface area contributed by atoms with Gasteiger partial charge >= 0.3 is 0 Å². The third-order valence-electron chi connectivity index (χ3n) is 3.81. The van der Waals surface area contributed by atoms with Gasteiger partial charge in [-0.15, -0.1) is 0 Å². The first-order chi connectivity index (χ1) is 12.0. The molecule has 1 fully saturated rings. The van der Waals surface area contributed by atoms with Gasteiger partial charge in [-0.05, 0) is 42.5 Å². The second kappa shape index (κ2) is 7.87. The summed E-state index contributed by atoms with van der Waals surface area (Å²) in [4.78, 5) is 26.4. The van der Waals surface area contributed by atoms with E-state index in [1.807, 2.05) is 0 Å². The molecule has 1 heterocycles. The van der Waals surface area contributed by atoms with E-state index in [1.54, 1.807) is 47.4 Å². The number of carbonyl (C=O) groups excluding carboxylic acids is 2. The third-order valence-corrected chi connectivity index (χ3v) is 4.25. The van der Waals surface area contributed by atoms with Gasteiger partial charge in [0, 0.05) is 39.9 Å². The van der Waals surface area contributed by atoms with Gasteiger partial charge in [-0.25, -0.2) is 0 Å². The van der Waals surface area contributed by atoms with E-state index < -0.39 is 0 Å². The number of anilines is 1. The summed E-state index contributed by atoms with van der Waals surface area (Å²) in [6.45, 7) is 2.30. The predicted molar refractivity (Wildman–Crippen MR) is 97.6 cm³/mol. The molecule has 0 aromatic heterocycles. The van der Waals surface area contributed by atoms with Crippen molar-refractivity contribution in [2.75, 3.05) is 31.6 Å². The van der Waals surface area contributed by atoms with Gasteiger partial charge in [-0.3, -0.25) is 9.59 Å². The number of nitrogens with zero attached hydrogens (tertiary/aromatic N) is 1. The smallest absolute Gasteiger partial charge is 0.255 e. The molecule has 1 saturated heterocycles. The number of nitrogens with one attached hydrogen (secondary N) is 1. The van der Waals surface area contributed by atoms with Gasteiger partial charge in [-0.1, -0.05) is 23.2 Å². The number of hydrogen-bond donors (Lipinski definition) is 1. The second-order valence-electron chi connectivity index (χ2n) is 5.59. The minimum Gasteiger partial charge on any atom is -0.378 e. The number of morpholine rings is 1. The number of halogens is 2. The summed E-state index contributed by atoms with van der Waals surface area (Å²) in [6, 6.07) is 11.4. The standard InChI is InChI=1S/C18H16Cl2N2O3/c19-14-9-13(10-15(20)11-14)17(23)21-16-3-1-12(2-4-16)18(24)22-5-7-25-8-6-22/h1-4,9-11H,5-8H2,(H,21,23). The normalized spacial score (nSPS) is 14.2. The zero-order valence-electron chi connectivity index (χ0n) is 13.3. The lowest BCUT2D eigenvalue weighted by atomic mass is 10.1. The van der Waals surface area contributed by atoms with Crippen LogP contribution in [0.1, 0.15) is 20.7 Å². The minimum atomic E-state index is -0.323. The Balaban J connectivity index is 1.67. The third kappa shape index (κ3) is 4.51. The van der Waals surface area contributed by atoms with E-state index in [-0.39, 0.29) is 11.8 Å². The lowest BCUT2D eigenvalue weighted by molar-refractivity contribution is 0.0303. The maximum absolute atomic E-state index is 12.4. The summed E-state index contributed by atoms with van der Waals surface area (Å²) in [5.41, 5.74) is 1.52. The van der Waals surface area contributed by atoms with Crippen LogP contribution in [-0.4, -0.2) is 43.0 Å². The van der Waals surface area contributed by atoms with E-state index >= 15 is 0 Å². The van der Waals surface area contributed by atoms with Crippen LogP contribution < -0.4 is 5.32 Å². The average Bonchev–Trinajstić information content (AvgIpc) is 2.61. The highest BCUT2D eigenvalue weighted by Gasteiger charge is 2.18. The van der Waals surface area contributed by atoms with E-state index in [9.17, 15) is 9.59 Å². The van der Waals surface area contributed by atoms with Gasteiger partial charge in [0.2, 0.25) is 0 Å². The molecular formula is C18H16Cl2N2O3. The Kier molecular flexibility index (Phi) is 5.58. The van der Waals surface area contributed by atoms with Gasteiger partial charge in [0.1, 0.15) is 0 Å². The highest BCUT2D eigenvalue weighted by molar-refractivity contribution is 6.35. The van der Waals surface area contributed by atoms with Gasteiger partial charge in [0.25, 0.3) is 11.8 Å². The predicted octanol–water partition coefficient (Wildman–Crippen LogP) is 3.72. The molecule has 0 radical (unpaired) electrons. The molecule has 130 valence electrons. The Hall–Kier alpha value is -2.08. The number of amides is 2. The first-order valence-electron chi connectivity index (χ1n) is 7.77. The van der Waals surface area contributed by atoms with Crippen LogP contribution in [0.4, 0.5) is 5.69 Å². The molecule has 2 aromatic carbocycles. The van der Waals surface area contributed by atoms with Crippen LogP contribution in [0, 0.1) is 0 Å². The molecule has 2 aromatic rings. The summed E-state index contributed by atoms with van der Waals surface area (Å²) < 4.78 is 5.25. The summed E-state index contributed by atoms with van der Waals surface area (Å²) in [6.07, 6.45) is 0. The summed E-state index contributed by atoms with van der Waals surface area (Å²) in [7, 11) is 0. The number of ether oxygens (including phenoxy) is 1. The largest absolute Gasteiger partial charge is 0.378 e. The fourth-order valence-electron chi connectivity index (χ4n) is 2.53. The number of benzene rings is 2. The Labute approximate surface area is 155 Å². The molecule has 2 amide bonds. The summed E-state index contributed by atoms with van der Waals surface area (Å²) in [5.74, 6) is -0.362. The molecular weight excluding hydrogens is 363 g/mol. The van der Waals surface area contributed by atoms with Crippen molar-refractivity contribution in [1.82, 2.24) is 4.90 Å². The lowest BCUT2D eigenvalue weighted by Gasteiger charge is -2.26. The SMILES string of the molecule is O=C(Nc1ccc(C(=O)N2CCOCC2)cc1)c1cc(Cl)cc(Cl)c1. The van der Waals surface area contributed by atoms with Crippen molar-refractivity contribution >= 4 is 40.7 Å². The van der Waals surface area contributed by atoms with Crippen LogP contribution in [0.5, 0.6) is 0 Å². The van der Waals surface area contributed by atoms with E-state index in [1.165, 1.54) is 0 Å². The van der Waals surface area contributed by atoms with Gasteiger partial charge < -0.3 is 15.0 Å². The summed E-state index contributed by atoms with van der Waals surface area (Å²) >= 11 is 11.8. The maximum atomic E-state index is 12.4. The van der Waals surface area contributed by atoms with Crippen molar-refractivity contribution in [3.63, 3.8) is 0 Å². The van der Waals surface area contributed by atoms with Crippen molar-refractivity contribution in [2.24, 2.45) is 0 Å². The molecule has 0 saturated carbocycles. The highest BCUT2D eigenvalue weighted by Crippen LogP contribution is 2.20. The molecule has 0 spiro atoms. The average molecular weight is 379 g/mol. The van der Waals surface area contributed by atoms with Crippen LogP contribution in [0.3, 0.4) is 0 Å². The Bertz CT molecular complexity index is 767. The number of rotatable bonds is 3. The van der Waals surface area contributed by atoms with Crippen molar-refractivity contribution < 1.29 is 14.3 Å². The number of hydrogen-bond acceptors (Lipinski definition) is 3. The molecule has 7 heteroatoms. The maximum Gasteiger partial charge on any atom is 0.255 e. The van der Waals surface area contributed by atoms with Crippen molar-refractivity contribution in [2.45, 2.75) is 0 Å². The van der Waals surface area contributed by atoms with E-state index in [0.29, 0.717) is 53.2 Å². The van der Waals surface area contributed by atoms with Crippen LogP contribution in [0.15, 0.2) is 42.5 Å². The monoisotopic (exact) mass is 378 g/mol. The van der Waals surface area contributed by atoms with Crippen LogP contribution in [0.25, 0.3) is 0 Å². The van der Waals surface area contributed by atoms with Crippen molar-refractivity contribution in [1.29, 1.82) is 0 Å². The first kappa shape index (κ1) is 17.7. The van der Waals surface area contributed by atoms with Gasteiger partial charge in [-0.2, -0.15) is 0 Å². The molecule has 0 aliphatic carbocycles. The molecule has 0 unspecified atom stereocenters. The van der Waals surface area contributed by atoms with Crippen LogP contribution in [0.2, 0.25) is 10.0 Å². The molecule has 1 aliphatic heterocycles. The van der Waals surface area contributed by atoms with Crippen LogP contribution >= 0.6 is 23.2 Å². The molecule has 1 aliphatic rings. The quantitative estimate of drug-likeness (QED) is 0.885. The molecule has 3 rings (SSSR count). The lowest BCUT2D eigenvalue weighted by Crippen LogP contribution is -2.40. The van der Waals surface area contributed by atoms with Gasteiger partial charge in [0.15, 0.2) is 0 Å². The zero-order chi connectivity index (χ0) is 17.8. The van der Waals surface area contributed by atoms with Crippen molar-refractivity contribution in [3.8, 4) is 0 Å². The van der Waals surface area contributed by atoms with Crippen molar-refractivity contribution in [3.05, 3.63) is 63.6 Å². The van der Waals surface area contributed by atoms with Gasteiger partial charge in [0.05, 0.1) is 13.2 Å². The first-order valence-corrected chi connectivity index (χ1v) is 8.53. The fourth-order valence-corrected chi connectivity index (χ4v) is 3.06. The molecule has 5 nitrogen and oxygen atoms in total. The minimum absolute atomic E-state index is 0.0391. The van der Waals surface area contributed by atoms with E-state index in [2.05, 4.69) is 5.32 Å². The molecule has 0 atom stereocenters. The second-order valence-corrected chi connectivity index (χ2v) is 6.47. The topological polar surface area (TPSA) is 58.6 Å². The molecule has 0 bridgehead atoms. The Morgan fingerprint density at radius 1 is 0.920 bits per heavy atom. The molecule has 1 N–H and O–H groups in total. The zero-order valence-corrected chi connectivity index (χ0v) is 14.8. The fraction of sp³-hybridized carbons (Fsp3) is 0.222. The Morgan fingerprint density at radius 3 is 2.12 bits per heavy atom. The molecule has 25 heavy (non-hydrogen) atoms. The highest BCUT2D eigenvalue weighted by atomic mass is 35.5. The number of carbonyl (C=O) groups is 2. The van der Waals surface area contributed by atoms with E-state index in [4.69, 9.17) is 27.9 Å². The Morgan fingerprint density at radius 2 is 1.52 bits per heavy atom. The van der Waals surface area contributed by atoms with E-state index in [0.717, 1.165) is 0 Å². The van der Waals surface area contributed by atoms with Crippen LogP contribution in [-0.2, 0) is 4.74 Å².